The first kappa shape index (κ1) is 22.4. The van der Waals surface area contributed by atoms with Crippen LogP contribution in [0.15, 0.2) is 90.0 Å². The van der Waals surface area contributed by atoms with E-state index in [2.05, 4.69) is 14.6 Å². The highest BCUT2D eigenvalue weighted by atomic mass is 32.2. The van der Waals surface area contributed by atoms with Crippen molar-refractivity contribution in [3.05, 3.63) is 102 Å². The molecule has 0 aliphatic carbocycles. The summed E-state index contributed by atoms with van der Waals surface area (Å²) in [5.74, 6) is -0.146. The Labute approximate surface area is 202 Å². The molecule has 1 aliphatic heterocycles. The number of nitrogens with zero attached hydrogens (tertiary/aromatic N) is 3. The summed E-state index contributed by atoms with van der Waals surface area (Å²) in [4.78, 5) is 22.6. The molecule has 0 spiro atoms. The van der Waals surface area contributed by atoms with Gasteiger partial charge in [-0.05, 0) is 54.4 Å². The van der Waals surface area contributed by atoms with Gasteiger partial charge in [-0.2, -0.15) is 0 Å². The van der Waals surface area contributed by atoms with Crippen LogP contribution in [0.5, 0.6) is 0 Å². The van der Waals surface area contributed by atoms with E-state index in [-0.39, 0.29) is 11.7 Å². The molecular weight excluding hydrogens is 447 g/mol. The molecule has 2 heterocycles. The van der Waals surface area contributed by atoms with Gasteiger partial charge in [0.25, 0.3) is 5.91 Å². The first-order chi connectivity index (χ1) is 16.7. The Morgan fingerprint density at radius 2 is 1.68 bits per heavy atom. The molecule has 172 valence electrons. The molecule has 1 fully saturated rings. The number of aromatic nitrogens is 1. The highest BCUT2D eigenvalue weighted by Gasteiger charge is 2.22. The minimum Gasteiger partial charge on any atom is -0.336 e. The lowest BCUT2D eigenvalue weighted by Gasteiger charge is -2.34. The number of para-hydroxylation sites is 1. The molecule has 0 saturated carbocycles. The summed E-state index contributed by atoms with van der Waals surface area (Å²) >= 11 is 1.51. The van der Waals surface area contributed by atoms with Crippen molar-refractivity contribution < 1.29 is 9.18 Å². The van der Waals surface area contributed by atoms with E-state index < -0.39 is 0 Å². The number of hydrogen-bond acceptors (Lipinski definition) is 5. The Bertz CT molecular complexity index is 1280. The fourth-order valence-corrected chi connectivity index (χ4v) is 4.89. The van der Waals surface area contributed by atoms with Crippen molar-refractivity contribution in [2.24, 2.45) is 0 Å². The minimum atomic E-state index is -0.176. The van der Waals surface area contributed by atoms with Gasteiger partial charge in [-0.3, -0.25) is 14.7 Å². The number of nitrogens with one attached hydrogen (secondary N) is 1. The SMILES string of the molecule is O=C(c1ccc(NSc2cccc3cccnc23)cc1)N1CCN(Cc2ccccc2F)CC1. The molecule has 0 radical (unpaired) electrons. The van der Waals surface area contributed by atoms with E-state index in [9.17, 15) is 9.18 Å². The number of amides is 1. The highest BCUT2D eigenvalue weighted by molar-refractivity contribution is 8.00. The summed E-state index contributed by atoms with van der Waals surface area (Å²) in [7, 11) is 0. The number of carbonyl (C=O) groups is 1. The van der Waals surface area contributed by atoms with Crippen LogP contribution in [0.4, 0.5) is 10.1 Å². The monoisotopic (exact) mass is 472 g/mol. The highest BCUT2D eigenvalue weighted by Crippen LogP contribution is 2.27. The Morgan fingerprint density at radius 3 is 2.47 bits per heavy atom. The number of hydrogen-bond donors (Lipinski definition) is 1. The smallest absolute Gasteiger partial charge is 0.253 e. The fraction of sp³-hybridized carbons (Fsp3) is 0.185. The van der Waals surface area contributed by atoms with Crippen LogP contribution >= 0.6 is 11.9 Å². The first-order valence-corrected chi connectivity index (χ1v) is 12.1. The fourth-order valence-electron chi connectivity index (χ4n) is 4.11. The van der Waals surface area contributed by atoms with Crippen molar-refractivity contribution in [2.45, 2.75) is 11.4 Å². The zero-order chi connectivity index (χ0) is 23.3. The van der Waals surface area contributed by atoms with Crippen LogP contribution in [0.1, 0.15) is 15.9 Å². The van der Waals surface area contributed by atoms with E-state index in [1.807, 2.05) is 71.6 Å². The van der Waals surface area contributed by atoms with Crippen molar-refractivity contribution in [1.82, 2.24) is 14.8 Å². The van der Waals surface area contributed by atoms with Gasteiger partial charge >= 0.3 is 0 Å². The standard InChI is InChI=1S/C27H25FN4OS/c28-24-8-2-1-5-22(24)19-31-15-17-32(18-16-31)27(33)21-10-12-23(13-11-21)30-34-25-9-3-6-20-7-4-14-29-26(20)25/h1-14,30H,15-19H2. The summed E-state index contributed by atoms with van der Waals surface area (Å²) in [6, 6.07) is 24.5. The van der Waals surface area contributed by atoms with Gasteiger partial charge in [0.15, 0.2) is 0 Å². The number of piperazine rings is 1. The van der Waals surface area contributed by atoms with Crippen molar-refractivity contribution >= 4 is 34.4 Å². The van der Waals surface area contributed by atoms with Crippen LogP contribution in [0.2, 0.25) is 0 Å². The summed E-state index contributed by atoms with van der Waals surface area (Å²) in [5, 5.41) is 1.10. The van der Waals surface area contributed by atoms with Crippen LogP contribution in [-0.4, -0.2) is 46.9 Å². The quantitative estimate of drug-likeness (QED) is 0.378. The molecule has 0 unspecified atom stereocenters. The number of fused-ring (bicyclic) bond motifs is 1. The van der Waals surface area contributed by atoms with Gasteiger partial charge in [-0.15, -0.1) is 0 Å². The molecule has 1 aliphatic rings. The van der Waals surface area contributed by atoms with E-state index in [0.717, 1.165) is 34.6 Å². The molecule has 0 atom stereocenters. The van der Waals surface area contributed by atoms with Crippen molar-refractivity contribution in [2.75, 3.05) is 30.9 Å². The Balaban J connectivity index is 1.15. The van der Waals surface area contributed by atoms with Crippen LogP contribution in [-0.2, 0) is 6.54 Å². The molecule has 5 rings (SSSR count). The normalized spacial score (nSPS) is 14.3. The van der Waals surface area contributed by atoms with Gasteiger partial charge in [0.05, 0.1) is 10.4 Å². The van der Waals surface area contributed by atoms with Crippen molar-refractivity contribution in [1.29, 1.82) is 0 Å². The topological polar surface area (TPSA) is 48.5 Å². The molecule has 0 bridgehead atoms. The molecule has 7 heteroatoms. The average molecular weight is 473 g/mol. The molecule has 3 aromatic carbocycles. The number of pyridine rings is 1. The molecular formula is C27H25FN4OS. The summed E-state index contributed by atoms with van der Waals surface area (Å²) in [5.41, 5.74) is 3.25. The lowest BCUT2D eigenvalue weighted by atomic mass is 10.1. The van der Waals surface area contributed by atoms with Gasteiger partial charge in [0.1, 0.15) is 5.82 Å². The van der Waals surface area contributed by atoms with E-state index >= 15 is 0 Å². The third-order valence-corrected chi connectivity index (χ3v) is 6.90. The number of carbonyl (C=O) groups excluding carboxylic acids is 1. The number of anilines is 1. The van der Waals surface area contributed by atoms with E-state index in [0.29, 0.717) is 30.8 Å². The van der Waals surface area contributed by atoms with Gasteiger partial charge in [0.2, 0.25) is 0 Å². The van der Waals surface area contributed by atoms with E-state index in [4.69, 9.17) is 0 Å². The van der Waals surface area contributed by atoms with Crippen LogP contribution < -0.4 is 4.72 Å². The van der Waals surface area contributed by atoms with Crippen LogP contribution in [0.3, 0.4) is 0 Å². The molecule has 34 heavy (non-hydrogen) atoms. The summed E-state index contributed by atoms with van der Waals surface area (Å²) in [6.07, 6.45) is 1.80. The lowest BCUT2D eigenvalue weighted by molar-refractivity contribution is 0.0627. The third-order valence-electron chi connectivity index (χ3n) is 6.02. The second-order valence-electron chi connectivity index (χ2n) is 8.27. The maximum Gasteiger partial charge on any atom is 0.253 e. The second-order valence-corrected chi connectivity index (χ2v) is 9.12. The maximum atomic E-state index is 13.9. The maximum absolute atomic E-state index is 13.9. The van der Waals surface area contributed by atoms with E-state index in [1.54, 1.807) is 12.3 Å². The molecule has 1 N–H and O–H groups in total. The zero-order valence-corrected chi connectivity index (χ0v) is 19.5. The molecule has 1 amide bonds. The van der Waals surface area contributed by atoms with Gasteiger partial charge < -0.3 is 9.62 Å². The Morgan fingerprint density at radius 1 is 0.912 bits per heavy atom. The van der Waals surface area contributed by atoms with E-state index in [1.165, 1.54) is 18.0 Å². The van der Waals surface area contributed by atoms with Gasteiger partial charge in [0, 0.05) is 61.1 Å². The van der Waals surface area contributed by atoms with Gasteiger partial charge in [-0.1, -0.05) is 36.4 Å². The van der Waals surface area contributed by atoms with Crippen LogP contribution in [0, 0.1) is 5.82 Å². The summed E-state index contributed by atoms with van der Waals surface area (Å²) in [6.45, 7) is 3.30. The van der Waals surface area contributed by atoms with Crippen molar-refractivity contribution in [3.63, 3.8) is 0 Å². The zero-order valence-electron chi connectivity index (χ0n) is 18.7. The molecule has 1 saturated heterocycles. The largest absolute Gasteiger partial charge is 0.336 e. The molecule has 5 nitrogen and oxygen atoms in total. The summed E-state index contributed by atoms with van der Waals surface area (Å²) < 4.78 is 17.3. The average Bonchev–Trinajstić information content (AvgIpc) is 2.89. The number of rotatable bonds is 6. The second kappa shape index (κ2) is 10.2. The minimum absolute atomic E-state index is 0.0306. The van der Waals surface area contributed by atoms with Crippen molar-refractivity contribution in [3.8, 4) is 0 Å². The Kier molecular flexibility index (Phi) is 6.74. The predicted octanol–water partition coefficient (Wildman–Crippen LogP) is 5.45. The predicted molar refractivity (Wildman–Crippen MR) is 135 cm³/mol. The third kappa shape index (κ3) is 5.05. The molecule has 1 aromatic heterocycles. The van der Waals surface area contributed by atoms with Gasteiger partial charge in [-0.25, -0.2) is 4.39 Å². The number of halogens is 1. The first-order valence-electron chi connectivity index (χ1n) is 11.3. The molecule has 4 aromatic rings. The Hall–Kier alpha value is -3.42. The lowest BCUT2D eigenvalue weighted by Crippen LogP contribution is -2.48. The number of benzene rings is 3. The van der Waals surface area contributed by atoms with Crippen LogP contribution in [0.25, 0.3) is 10.9 Å².